The molecule has 0 aliphatic rings. The number of benzene rings is 4. The van der Waals surface area contributed by atoms with Crippen molar-refractivity contribution >= 4 is 22.7 Å². The van der Waals surface area contributed by atoms with E-state index < -0.39 is 10.9 Å². The number of carbonyl (C=O) groups is 1. The van der Waals surface area contributed by atoms with Gasteiger partial charge in [0.25, 0.3) is 5.69 Å². The summed E-state index contributed by atoms with van der Waals surface area (Å²) in [5.74, 6) is 0.508. The molecule has 0 bridgehead atoms. The smallest absolute Gasteiger partial charge is 0.344 e. The highest BCUT2D eigenvalue weighted by atomic mass is 16.6. The molecule has 0 saturated heterocycles. The van der Waals surface area contributed by atoms with Crippen molar-refractivity contribution in [3.63, 3.8) is 0 Å². The van der Waals surface area contributed by atoms with Gasteiger partial charge in [0.05, 0.1) is 21.5 Å². The van der Waals surface area contributed by atoms with Crippen LogP contribution in [0, 0.1) is 17.0 Å². The number of imidazole rings is 1. The molecule has 7 heteroatoms. The van der Waals surface area contributed by atoms with Gasteiger partial charge < -0.3 is 9.30 Å². The molecule has 0 fully saturated rings. The van der Waals surface area contributed by atoms with Crippen molar-refractivity contribution in [2.45, 2.75) is 13.5 Å². The molecule has 4 aromatic carbocycles. The number of nitro groups is 1. The zero-order valence-corrected chi connectivity index (χ0v) is 18.9. The zero-order valence-electron chi connectivity index (χ0n) is 18.9. The van der Waals surface area contributed by atoms with Crippen molar-refractivity contribution in [3.8, 4) is 17.1 Å². The fourth-order valence-corrected chi connectivity index (χ4v) is 4.10. The first-order chi connectivity index (χ1) is 17.0. The van der Waals surface area contributed by atoms with Crippen molar-refractivity contribution in [1.29, 1.82) is 0 Å². The SMILES string of the molecule is Cc1c(C(=O)Oc2ccc(-c3nc4ccccc4n3Cc3ccccc3)cc2)cccc1[N+](=O)[O-]. The number of ether oxygens (including phenoxy) is 1. The number of nitro benzene ring substituents is 1. The van der Waals surface area contributed by atoms with E-state index in [1.807, 2.05) is 54.6 Å². The van der Waals surface area contributed by atoms with E-state index in [1.165, 1.54) is 25.1 Å². The first kappa shape index (κ1) is 22.0. The Morgan fingerprint density at radius 1 is 0.914 bits per heavy atom. The van der Waals surface area contributed by atoms with Crippen molar-refractivity contribution < 1.29 is 14.5 Å². The molecular weight excluding hydrogens is 442 g/mol. The fraction of sp³-hybridized carbons (Fsp3) is 0.0714. The van der Waals surface area contributed by atoms with Crippen LogP contribution in [0.5, 0.6) is 5.75 Å². The highest BCUT2D eigenvalue weighted by molar-refractivity contribution is 5.93. The van der Waals surface area contributed by atoms with Gasteiger partial charge in [-0.2, -0.15) is 0 Å². The monoisotopic (exact) mass is 463 g/mol. The third kappa shape index (κ3) is 4.39. The Balaban J connectivity index is 1.44. The molecule has 0 aliphatic carbocycles. The molecule has 0 unspecified atom stereocenters. The maximum Gasteiger partial charge on any atom is 0.344 e. The molecule has 0 N–H and O–H groups in total. The van der Waals surface area contributed by atoms with Crippen molar-refractivity contribution in [2.75, 3.05) is 0 Å². The predicted octanol–water partition coefficient (Wildman–Crippen LogP) is 6.19. The van der Waals surface area contributed by atoms with Crippen LogP contribution in [0.4, 0.5) is 5.69 Å². The summed E-state index contributed by atoms with van der Waals surface area (Å²) >= 11 is 0. The second kappa shape index (κ2) is 9.23. The van der Waals surface area contributed by atoms with E-state index >= 15 is 0 Å². The molecule has 0 radical (unpaired) electrons. The first-order valence-corrected chi connectivity index (χ1v) is 11.1. The van der Waals surface area contributed by atoms with Gasteiger partial charge in [0.15, 0.2) is 0 Å². The van der Waals surface area contributed by atoms with Gasteiger partial charge in [0, 0.05) is 23.7 Å². The average molecular weight is 463 g/mol. The minimum atomic E-state index is -0.643. The second-order valence-electron chi connectivity index (χ2n) is 8.12. The highest BCUT2D eigenvalue weighted by Gasteiger charge is 2.20. The van der Waals surface area contributed by atoms with Crippen molar-refractivity contribution in [3.05, 3.63) is 124 Å². The topological polar surface area (TPSA) is 87.3 Å². The summed E-state index contributed by atoms with van der Waals surface area (Å²) in [5, 5.41) is 11.2. The number of esters is 1. The van der Waals surface area contributed by atoms with E-state index in [0.29, 0.717) is 12.3 Å². The van der Waals surface area contributed by atoms with Crippen LogP contribution >= 0.6 is 0 Å². The van der Waals surface area contributed by atoms with E-state index in [1.54, 1.807) is 12.1 Å². The Labute approximate surface area is 201 Å². The number of hydrogen-bond donors (Lipinski definition) is 0. The summed E-state index contributed by atoms with van der Waals surface area (Å²) in [6.45, 7) is 2.20. The minimum Gasteiger partial charge on any atom is -0.423 e. The number of rotatable bonds is 6. The van der Waals surface area contributed by atoms with Gasteiger partial charge in [-0.05, 0) is 55.0 Å². The quantitative estimate of drug-likeness (QED) is 0.130. The van der Waals surface area contributed by atoms with E-state index in [0.717, 1.165) is 28.0 Å². The fourth-order valence-electron chi connectivity index (χ4n) is 4.10. The Morgan fingerprint density at radius 3 is 2.37 bits per heavy atom. The lowest BCUT2D eigenvalue weighted by Gasteiger charge is -2.11. The first-order valence-electron chi connectivity index (χ1n) is 11.1. The van der Waals surface area contributed by atoms with Gasteiger partial charge >= 0.3 is 5.97 Å². The summed E-state index contributed by atoms with van der Waals surface area (Å²) in [7, 11) is 0. The van der Waals surface area contributed by atoms with Crippen molar-refractivity contribution in [2.24, 2.45) is 0 Å². The lowest BCUT2D eigenvalue weighted by Crippen LogP contribution is -2.11. The number of aromatic nitrogens is 2. The predicted molar refractivity (Wildman–Crippen MR) is 134 cm³/mol. The molecule has 1 heterocycles. The lowest BCUT2D eigenvalue weighted by molar-refractivity contribution is -0.385. The summed E-state index contributed by atoms with van der Waals surface area (Å²) in [6, 6.07) is 29.6. The van der Waals surface area contributed by atoms with Gasteiger partial charge in [0.1, 0.15) is 11.6 Å². The standard InChI is InChI=1S/C28H21N3O4/c1-19-23(10-7-13-25(19)31(33)34)28(32)35-22-16-14-21(15-17-22)27-29-24-11-5-6-12-26(24)30(27)18-20-8-3-2-4-9-20/h2-17H,18H2,1H3. The van der Waals surface area contributed by atoms with E-state index in [2.05, 4.69) is 16.7 Å². The summed E-state index contributed by atoms with van der Waals surface area (Å²) in [6.07, 6.45) is 0. The van der Waals surface area contributed by atoms with Gasteiger partial charge in [-0.25, -0.2) is 9.78 Å². The Morgan fingerprint density at radius 2 is 1.63 bits per heavy atom. The molecule has 1 aromatic heterocycles. The molecule has 5 aromatic rings. The Kier molecular flexibility index (Phi) is 5.81. The van der Waals surface area contributed by atoms with Crippen LogP contribution < -0.4 is 4.74 Å². The van der Waals surface area contributed by atoms with E-state index in [4.69, 9.17) is 9.72 Å². The Bertz CT molecular complexity index is 1540. The molecular formula is C28H21N3O4. The van der Waals surface area contributed by atoms with Gasteiger partial charge in [-0.3, -0.25) is 10.1 Å². The largest absolute Gasteiger partial charge is 0.423 e. The van der Waals surface area contributed by atoms with Crippen LogP contribution in [0.15, 0.2) is 97.1 Å². The van der Waals surface area contributed by atoms with Gasteiger partial charge in [0.2, 0.25) is 0 Å². The van der Waals surface area contributed by atoms with Crippen LogP contribution in [0.1, 0.15) is 21.5 Å². The van der Waals surface area contributed by atoms with E-state index in [9.17, 15) is 14.9 Å². The summed E-state index contributed by atoms with van der Waals surface area (Å²) in [4.78, 5) is 28.2. The molecule has 172 valence electrons. The number of para-hydroxylation sites is 2. The highest BCUT2D eigenvalue weighted by Crippen LogP contribution is 2.28. The maximum atomic E-state index is 12.7. The van der Waals surface area contributed by atoms with Crippen LogP contribution in [0.3, 0.4) is 0 Å². The van der Waals surface area contributed by atoms with Crippen molar-refractivity contribution in [1.82, 2.24) is 9.55 Å². The van der Waals surface area contributed by atoms with E-state index in [-0.39, 0.29) is 16.8 Å². The summed E-state index contributed by atoms with van der Waals surface area (Å²) < 4.78 is 7.67. The van der Waals surface area contributed by atoms with Gasteiger partial charge in [-0.1, -0.05) is 48.5 Å². The minimum absolute atomic E-state index is 0.118. The number of carbonyl (C=O) groups excluding carboxylic acids is 1. The lowest BCUT2D eigenvalue weighted by atomic mass is 10.1. The number of hydrogen-bond acceptors (Lipinski definition) is 5. The third-order valence-corrected chi connectivity index (χ3v) is 5.88. The number of fused-ring (bicyclic) bond motifs is 1. The normalized spacial score (nSPS) is 10.9. The number of nitrogens with zero attached hydrogens (tertiary/aromatic N) is 3. The molecule has 0 saturated carbocycles. The van der Waals surface area contributed by atoms with Crippen LogP contribution in [-0.2, 0) is 6.54 Å². The van der Waals surface area contributed by atoms with Crippen LogP contribution in [0.25, 0.3) is 22.4 Å². The van der Waals surface area contributed by atoms with Crippen LogP contribution in [0.2, 0.25) is 0 Å². The average Bonchev–Trinajstić information content (AvgIpc) is 3.23. The molecule has 5 rings (SSSR count). The third-order valence-electron chi connectivity index (χ3n) is 5.88. The molecule has 0 aliphatic heterocycles. The maximum absolute atomic E-state index is 12.7. The van der Waals surface area contributed by atoms with Gasteiger partial charge in [-0.15, -0.1) is 0 Å². The van der Waals surface area contributed by atoms with Crippen LogP contribution in [-0.4, -0.2) is 20.4 Å². The molecule has 7 nitrogen and oxygen atoms in total. The molecule has 0 amide bonds. The summed E-state index contributed by atoms with van der Waals surface area (Å²) in [5.41, 5.74) is 4.28. The molecule has 35 heavy (non-hydrogen) atoms. The molecule has 0 spiro atoms. The Hall–Kier alpha value is -4.78. The molecule has 0 atom stereocenters. The second-order valence-corrected chi connectivity index (χ2v) is 8.12. The zero-order chi connectivity index (χ0) is 24.4.